The first kappa shape index (κ1) is 12.1. The number of alkyl halides is 1. The van der Waals surface area contributed by atoms with Crippen LogP contribution in [0.1, 0.15) is 21.5 Å². The number of rotatable bonds is 2. The molecule has 0 N–H and O–H groups in total. The van der Waals surface area contributed by atoms with Crippen molar-refractivity contribution >= 4 is 34.5 Å². The molecule has 0 unspecified atom stereocenters. The average Bonchev–Trinajstić information content (AvgIpc) is 2.27. The standard InChI is InChI=1S/C10H8BrNO2S/c1-14-10(13)8-2-6(4-11)7(5-12)3-9(8)15/h2-3,15H,4H2,1H3. The van der Waals surface area contributed by atoms with E-state index in [0.29, 0.717) is 21.4 Å². The van der Waals surface area contributed by atoms with Gasteiger partial charge in [-0.25, -0.2) is 4.79 Å². The minimum Gasteiger partial charge on any atom is -0.465 e. The van der Waals surface area contributed by atoms with Crippen molar-refractivity contribution in [3.05, 3.63) is 28.8 Å². The highest BCUT2D eigenvalue weighted by molar-refractivity contribution is 9.08. The van der Waals surface area contributed by atoms with Crippen molar-refractivity contribution < 1.29 is 9.53 Å². The Kier molecular flexibility index (Phi) is 4.18. The highest BCUT2D eigenvalue weighted by Gasteiger charge is 2.13. The van der Waals surface area contributed by atoms with E-state index in [-0.39, 0.29) is 0 Å². The predicted molar refractivity (Wildman–Crippen MR) is 62.4 cm³/mol. The molecule has 0 aliphatic rings. The monoisotopic (exact) mass is 285 g/mol. The van der Waals surface area contributed by atoms with Gasteiger partial charge >= 0.3 is 5.97 Å². The van der Waals surface area contributed by atoms with Crippen LogP contribution in [-0.2, 0) is 10.1 Å². The number of esters is 1. The van der Waals surface area contributed by atoms with E-state index in [2.05, 4.69) is 33.3 Å². The number of hydrogen-bond acceptors (Lipinski definition) is 4. The lowest BCUT2D eigenvalue weighted by atomic mass is 10.1. The summed E-state index contributed by atoms with van der Waals surface area (Å²) in [4.78, 5) is 11.8. The zero-order valence-electron chi connectivity index (χ0n) is 7.95. The van der Waals surface area contributed by atoms with Gasteiger partial charge in [-0.15, -0.1) is 12.6 Å². The fraction of sp³-hybridized carbons (Fsp3) is 0.200. The van der Waals surface area contributed by atoms with Crippen LogP contribution in [0.3, 0.4) is 0 Å². The smallest absolute Gasteiger partial charge is 0.338 e. The molecule has 1 aromatic carbocycles. The van der Waals surface area contributed by atoms with E-state index in [1.165, 1.54) is 7.11 Å². The maximum atomic E-state index is 11.3. The summed E-state index contributed by atoms with van der Waals surface area (Å²) in [6, 6.07) is 5.21. The molecule has 0 spiro atoms. The molecule has 15 heavy (non-hydrogen) atoms. The van der Waals surface area contributed by atoms with Gasteiger partial charge in [-0.3, -0.25) is 0 Å². The quantitative estimate of drug-likeness (QED) is 0.516. The zero-order valence-corrected chi connectivity index (χ0v) is 10.4. The Bertz CT molecular complexity index is 440. The number of benzene rings is 1. The number of methoxy groups -OCH3 is 1. The van der Waals surface area contributed by atoms with Crippen molar-refractivity contribution in [3.63, 3.8) is 0 Å². The van der Waals surface area contributed by atoms with Crippen LogP contribution >= 0.6 is 28.6 Å². The van der Waals surface area contributed by atoms with Crippen molar-refractivity contribution in [3.8, 4) is 6.07 Å². The predicted octanol–water partition coefficient (Wildman–Crippen LogP) is 2.53. The lowest BCUT2D eigenvalue weighted by molar-refractivity contribution is 0.0597. The molecule has 5 heteroatoms. The fourth-order valence-electron chi connectivity index (χ4n) is 1.12. The molecule has 0 aromatic heterocycles. The van der Waals surface area contributed by atoms with Crippen LogP contribution in [0.2, 0.25) is 0 Å². The minimum atomic E-state index is -0.452. The number of thiol groups is 1. The van der Waals surface area contributed by atoms with E-state index in [1.807, 2.05) is 6.07 Å². The number of ether oxygens (including phenoxy) is 1. The van der Waals surface area contributed by atoms with Crippen molar-refractivity contribution in [1.29, 1.82) is 5.26 Å². The minimum absolute atomic E-state index is 0.370. The summed E-state index contributed by atoms with van der Waals surface area (Å²) in [5.74, 6) is -0.452. The molecule has 3 nitrogen and oxygen atoms in total. The van der Waals surface area contributed by atoms with Crippen LogP contribution in [0.4, 0.5) is 0 Å². The Hall–Kier alpha value is -0.990. The maximum Gasteiger partial charge on any atom is 0.338 e. The van der Waals surface area contributed by atoms with E-state index in [1.54, 1.807) is 12.1 Å². The van der Waals surface area contributed by atoms with Gasteiger partial charge in [0.1, 0.15) is 0 Å². The molecular weight excluding hydrogens is 278 g/mol. The maximum absolute atomic E-state index is 11.3. The van der Waals surface area contributed by atoms with Gasteiger partial charge in [-0.05, 0) is 17.7 Å². The number of carbonyl (C=O) groups excluding carboxylic acids is 1. The number of nitrogens with zero attached hydrogens (tertiary/aromatic N) is 1. The molecule has 0 bridgehead atoms. The summed E-state index contributed by atoms with van der Waals surface area (Å²) >= 11 is 7.38. The lowest BCUT2D eigenvalue weighted by Crippen LogP contribution is -2.04. The molecule has 0 fully saturated rings. The Morgan fingerprint density at radius 1 is 1.67 bits per heavy atom. The van der Waals surface area contributed by atoms with Crippen LogP contribution in [-0.4, -0.2) is 13.1 Å². The third kappa shape index (κ3) is 2.52. The Labute approximate surface area is 102 Å². The van der Waals surface area contributed by atoms with Crippen molar-refractivity contribution in [2.24, 2.45) is 0 Å². The first-order chi connectivity index (χ1) is 7.13. The summed E-state index contributed by atoms with van der Waals surface area (Å²) in [5.41, 5.74) is 1.62. The molecule has 0 atom stereocenters. The van der Waals surface area contributed by atoms with Crippen LogP contribution in [0.5, 0.6) is 0 Å². The van der Waals surface area contributed by atoms with E-state index in [4.69, 9.17) is 5.26 Å². The summed E-state index contributed by atoms with van der Waals surface area (Å²) in [7, 11) is 1.31. The number of carbonyl (C=O) groups is 1. The van der Waals surface area contributed by atoms with E-state index in [0.717, 1.165) is 5.56 Å². The number of halogens is 1. The Morgan fingerprint density at radius 2 is 2.33 bits per heavy atom. The number of hydrogen-bond donors (Lipinski definition) is 1. The molecule has 0 amide bonds. The number of nitriles is 1. The van der Waals surface area contributed by atoms with Crippen LogP contribution in [0.25, 0.3) is 0 Å². The summed E-state index contributed by atoms with van der Waals surface area (Å²) < 4.78 is 4.60. The molecule has 0 aliphatic carbocycles. The molecular formula is C10H8BrNO2S. The normalized spacial score (nSPS) is 9.47. The van der Waals surface area contributed by atoms with Crippen LogP contribution in [0, 0.1) is 11.3 Å². The van der Waals surface area contributed by atoms with Gasteiger partial charge < -0.3 is 4.74 Å². The molecule has 0 heterocycles. The second-order valence-corrected chi connectivity index (χ2v) is 3.81. The van der Waals surface area contributed by atoms with Crippen LogP contribution < -0.4 is 0 Å². The largest absolute Gasteiger partial charge is 0.465 e. The van der Waals surface area contributed by atoms with Gasteiger partial charge in [0.2, 0.25) is 0 Å². The lowest BCUT2D eigenvalue weighted by Gasteiger charge is -2.06. The van der Waals surface area contributed by atoms with E-state index >= 15 is 0 Å². The molecule has 0 radical (unpaired) electrons. The van der Waals surface area contributed by atoms with Gasteiger partial charge in [0.25, 0.3) is 0 Å². The van der Waals surface area contributed by atoms with Crippen molar-refractivity contribution in [1.82, 2.24) is 0 Å². The molecule has 1 aromatic rings. The molecule has 1 rings (SSSR count). The van der Waals surface area contributed by atoms with E-state index < -0.39 is 5.97 Å². The molecule has 0 aliphatic heterocycles. The van der Waals surface area contributed by atoms with E-state index in [9.17, 15) is 4.79 Å². The fourth-order valence-corrected chi connectivity index (χ4v) is 1.87. The highest BCUT2D eigenvalue weighted by Crippen LogP contribution is 2.22. The van der Waals surface area contributed by atoms with Crippen molar-refractivity contribution in [2.45, 2.75) is 10.2 Å². The molecule has 78 valence electrons. The Morgan fingerprint density at radius 3 is 2.80 bits per heavy atom. The zero-order chi connectivity index (χ0) is 11.4. The second kappa shape index (κ2) is 5.19. The first-order valence-corrected chi connectivity index (χ1v) is 5.61. The third-order valence-electron chi connectivity index (χ3n) is 1.89. The van der Waals surface area contributed by atoms with Gasteiger partial charge in [-0.1, -0.05) is 15.9 Å². The summed E-state index contributed by atoms with van der Waals surface area (Å²) in [6.07, 6.45) is 0. The molecule has 0 saturated heterocycles. The SMILES string of the molecule is COC(=O)c1cc(CBr)c(C#N)cc1S. The molecule has 0 saturated carbocycles. The summed E-state index contributed by atoms with van der Waals surface area (Å²) in [5, 5.41) is 9.35. The van der Waals surface area contributed by atoms with Crippen LogP contribution in [0.15, 0.2) is 17.0 Å². The van der Waals surface area contributed by atoms with Gasteiger partial charge in [0.05, 0.1) is 24.3 Å². The second-order valence-electron chi connectivity index (χ2n) is 2.76. The topological polar surface area (TPSA) is 50.1 Å². The average molecular weight is 286 g/mol. The van der Waals surface area contributed by atoms with Gasteiger partial charge in [-0.2, -0.15) is 5.26 Å². The third-order valence-corrected chi connectivity index (χ3v) is 2.87. The summed E-state index contributed by atoms with van der Waals surface area (Å²) in [6.45, 7) is 0. The van der Waals surface area contributed by atoms with Crippen molar-refractivity contribution in [2.75, 3.05) is 7.11 Å². The van der Waals surface area contributed by atoms with Gasteiger partial charge in [0, 0.05) is 10.2 Å². The van der Waals surface area contributed by atoms with Gasteiger partial charge in [0.15, 0.2) is 0 Å². The first-order valence-electron chi connectivity index (χ1n) is 4.04. The Balaban J connectivity index is 3.33. The highest BCUT2D eigenvalue weighted by atomic mass is 79.9.